The summed E-state index contributed by atoms with van der Waals surface area (Å²) >= 11 is 0. The number of esters is 1. The lowest BCUT2D eigenvalue weighted by atomic mass is 9.97. The summed E-state index contributed by atoms with van der Waals surface area (Å²) in [6, 6.07) is 13.8. The van der Waals surface area contributed by atoms with E-state index in [1.165, 1.54) is 29.1 Å². The number of amides is 1. The van der Waals surface area contributed by atoms with Gasteiger partial charge in [-0.2, -0.15) is 4.31 Å². The molecule has 0 spiro atoms. The van der Waals surface area contributed by atoms with Gasteiger partial charge in [-0.1, -0.05) is 38.1 Å². The normalized spacial score (nSPS) is 15.6. The summed E-state index contributed by atoms with van der Waals surface area (Å²) in [5.41, 5.74) is 1.94. The van der Waals surface area contributed by atoms with Gasteiger partial charge in [0, 0.05) is 24.7 Å². The Morgan fingerprint density at radius 2 is 1.65 bits per heavy atom. The largest absolute Gasteiger partial charge is 0.465 e. The van der Waals surface area contributed by atoms with Gasteiger partial charge in [0.25, 0.3) is 0 Å². The molecule has 31 heavy (non-hydrogen) atoms. The van der Waals surface area contributed by atoms with Crippen molar-refractivity contribution in [1.82, 2.24) is 4.31 Å². The number of hydrogen-bond donors (Lipinski definition) is 1. The van der Waals surface area contributed by atoms with E-state index in [2.05, 4.69) is 19.2 Å². The predicted octanol–water partition coefficient (Wildman–Crippen LogP) is 3.64. The number of nitrogens with zero attached hydrogens (tertiary/aromatic N) is 1. The second-order valence-electron chi connectivity index (χ2n) is 7.93. The number of hydrogen-bond acceptors (Lipinski definition) is 5. The Bertz CT molecular complexity index is 1040. The van der Waals surface area contributed by atoms with E-state index in [0.29, 0.717) is 18.8 Å². The van der Waals surface area contributed by atoms with Crippen molar-refractivity contribution in [2.24, 2.45) is 5.92 Å². The van der Waals surface area contributed by atoms with Crippen LogP contribution in [0, 0.1) is 5.92 Å². The van der Waals surface area contributed by atoms with Crippen LogP contribution in [0.4, 0.5) is 5.69 Å². The van der Waals surface area contributed by atoms with Crippen LogP contribution >= 0.6 is 0 Å². The smallest absolute Gasteiger partial charge is 0.339 e. The minimum absolute atomic E-state index is 0.00899. The highest BCUT2D eigenvalue weighted by atomic mass is 32.2. The fourth-order valence-corrected chi connectivity index (χ4v) is 5.31. The van der Waals surface area contributed by atoms with Crippen LogP contribution in [0.3, 0.4) is 0 Å². The SMILES string of the molecule is COC(=O)c1ccccc1S(=O)(=O)N1CCC(C(=O)Nc2ccc(C(C)C)cc2)CC1. The molecule has 8 heteroatoms. The van der Waals surface area contributed by atoms with Gasteiger partial charge in [-0.3, -0.25) is 4.79 Å². The zero-order chi connectivity index (χ0) is 22.6. The molecule has 1 saturated heterocycles. The zero-order valence-corrected chi connectivity index (χ0v) is 18.8. The maximum Gasteiger partial charge on any atom is 0.339 e. The first kappa shape index (κ1) is 23.0. The number of rotatable bonds is 6. The van der Waals surface area contributed by atoms with Crippen molar-refractivity contribution in [2.45, 2.75) is 37.5 Å². The van der Waals surface area contributed by atoms with Crippen molar-refractivity contribution in [3.8, 4) is 0 Å². The Hall–Kier alpha value is -2.71. The number of benzene rings is 2. The quantitative estimate of drug-likeness (QED) is 0.687. The second kappa shape index (κ2) is 9.62. The summed E-state index contributed by atoms with van der Waals surface area (Å²) < 4.78 is 32.2. The van der Waals surface area contributed by atoms with Crippen molar-refractivity contribution in [2.75, 3.05) is 25.5 Å². The van der Waals surface area contributed by atoms with Crippen molar-refractivity contribution in [3.63, 3.8) is 0 Å². The van der Waals surface area contributed by atoms with Gasteiger partial charge in [0.15, 0.2) is 0 Å². The van der Waals surface area contributed by atoms with E-state index in [-0.39, 0.29) is 35.4 Å². The van der Waals surface area contributed by atoms with Crippen LogP contribution in [0.2, 0.25) is 0 Å². The molecule has 0 aromatic heterocycles. The van der Waals surface area contributed by atoms with Gasteiger partial charge in [-0.25, -0.2) is 13.2 Å². The molecular weight excluding hydrogens is 416 g/mol. The topological polar surface area (TPSA) is 92.8 Å². The van der Waals surface area contributed by atoms with E-state index in [4.69, 9.17) is 4.74 Å². The van der Waals surface area contributed by atoms with Crippen molar-refractivity contribution in [3.05, 3.63) is 59.7 Å². The second-order valence-corrected chi connectivity index (χ2v) is 9.84. The van der Waals surface area contributed by atoms with E-state index >= 15 is 0 Å². The summed E-state index contributed by atoms with van der Waals surface area (Å²) in [5, 5.41) is 2.93. The van der Waals surface area contributed by atoms with Gasteiger partial charge in [0.2, 0.25) is 15.9 Å². The Balaban J connectivity index is 1.65. The first-order valence-corrected chi connectivity index (χ1v) is 11.8. The first-order chi connectivity index (χ1) is 14.7. The van der Waals surface area contributed by atoms with Crippen LogP contribution in [-0.4, -0.2) is 44.8 Å². The minimum atomic E-state index is -3.87. The number of piperidine rings is 1. The van der Waals surface area contributed by atoms with E-state index in [0.717, 1.165) is 5.69 Å². The summed E-state index contributed by atoms with van der Waals surface area (Å²) in [6.07, 6.45) is 0.824. The van der Waals surface area contributed by atoms with Gasteiger partial charge < -0.3 is 10.1 Å². The lowest BCUT2D eigenvalue weighted by Gasteiger charge is -2.31. The molecule has 1 amide bonds. The average Bonchev–Trinajstić information content (AvgIpc) is 2.79. The van der Waals surface area contributed by atoms with Gasteiger partial charge in [0.05, 0.1) is 17.6 Å². The number of ether oxygens (including phenoxy) is 1. The van der Waals surface area contributed by atoms with Gasteiger partial charge >= 0.3 is 5.97 Å². The highest BCUT2D eigenvalue weighted by Crippen LogP contribution is 2.27. The number of nitrogens with one attached hydrogen (secondary N) is 1. The summed E-state index contributed by atoms with van der Waals surface area (Å²) in [5.74, 6) is -0.659. The Kier molecular flexibility index (Phi) is 7.12. The molecule has 0 atom stereocenters. The first-order valence-electron chi connectivity index (χ1n) is 10.3. The third-order valence-electron chi connectivity index (χ3n) is 5.58. The molecule has 1 heterocycles. The van der Waals surface area contributed by atoms with Crippen molar-refractivity contribution in [1.29, 1.82) is 0 Å². The summed E-state index contributed by atoms with van der Waals surface area (Å²) in [7, 11) is -2.65. The maximum atomic E-state index is 13.1. The standard InChI is InChI=1S/C23H28N2O5S/c1-16(2)17-8-10-19(11-9-17)24-22(26)18-12-14-25(15-13-18)31(28,29)21-7-5-4-6-20(21)23(27)30-3/h4-11,16,18H,12-15H2,1-3H3,(H,24,26). The molecule has 3 rings (SSSR count). The molecule has 2 aromatic rings. The molecule has 0 saturated carbocycles. The highest BCUT2D eigenvalue weighted by molar-refractivity contribution is 7.89. The number of methoxy groups -OCH3 is 1. The lowest BCUT2D eigenvalue weighted by molar-refractivity contribution is -0.120. The number of carbonyl (C=O) groups is 2. The van der Waals surface area contributed by atoms with Crippen LogP contribution in [0.25, 0.3) is 0 Å². The molecule has 7 nitrogen and oxygen atoms in total. The molecule has 166 valence electrons. The van der Waals surface area contributed by atoms with Gasteiger partial charge in [0.1, 0.15) is 0 Å². The third kappa shape index (κ3) is 5.14. The molecule has 0 aliphatic carbocycles. The molecular formula is C23H28N2O5S. The Morgan fingerprint density at radius 1 is 1.03 bits per heavy atom. The van der Waals surface area contributed by atoms with Crippen LogP contribution in [0.1, 0.15) is 48.5 Å². The van der Waals surface area contributed by atoms with Gasteiger partial charge in [-0.05, 0) is 48.6 Å². The van der Waals surface area contributed by atoms with Gasteiger partial charge in [-0.15, -0.1) is 0 Å². The molecule has 1 fully saturated rings. The number of sulfonamides is 1. The fraction of sp³-hybridized carbons (Fsp3) is 0.391. The van der Waals surface area contributed by atoms with E-state index in [1.807, 2.05) is 24.3 Å². The zero-order valence-electron chi connectivity index (χ0n) is 18.0. The van der Waals surface area contributed by atoms with Crippen molar-refractivity contribution < 1.29 is 22.7 Å². The Labute approximate surface area is 183 Å². The molecule has 1 N–H and O–H groups in total. The monoisotopic (exact) mass is 444 g/mol. The van der Waals surface area contributed by atoms with E-state index < -0.39 is 16.0 Å². The average molecular weight is 445 g/mol. The molecule has 2 aromatic carbocycles. The molecule has 0 unspecified atom stereocenters. The maximum absolute atomic E-state index is 13.1. The Morgan fingerprint density at radius 3 is 2.23 bits per heavy atom. The van der Waals surface area contributed by atoms with Crippen LogP contribution in [0.15, 0.2) is 53.4 Å². The predicted molar refractivity (Wildman–Crippen MR) is 118 cm³/mol. The number of carbonyl (C=O) groups excluding carboxylic acids is 2. The highest BCUT2D eigenvalue weighted by Gasteiger charge is 2.34. The van der Waals surface area contributed by atoms with Crippen LogP contribution in [-0.2, 0) is 19.6 Å². The summed E-state index contributed by atoms with van der Waals surface area (Å²) in [6.45, 7) is 4.64. The molecule has 1 aliphatic heterocycles. The fourth-order valence-electron chi connectivity index (χ4n) is 3.66. The number of anilines is 1. The molecule has 0 bridgehead atoms. The molecule has 1 aliphatic rings. The van der Waals surface area contributed by atoms with Crippen molar-refractivity contribution >= 4 is 27.6 Å². The minimum Gasteiger partial charge on any atom is -0.465 e. The lowest BCUT2D eigenvalue weighted by Crippen LogP contribution is -2.41. The summed E-state index contributed by atoms with van der Waals surface area (Å²) in [4.78, 5) is 24.6. The molecule has 0 radical (unpaired) electrons. The van der Waals surface area contributed by atoms with Crippen LogP contribution in [0.5, 0.6) is 0 Å². The van der Waals surface area contributed by atoms with E-state index in [9.17, 15) is 18.0 Å². The third-order valence-corrected chi connectivity index (χ3v) is 7.54. The van der Waals surface area contributed by atoms with E-state index in [1.54, 1.807) is 12.1 Å². The van der Waals surface area contributed by atoms with Crippen LogP contribution < -0.4 is 5.32 Å².